The first-order chi connectivity index (χ1) is 9.92. The molecule has 0 bridgehead atoms. The Balaban J connectivity index is 0.00000161. The SMILES string of the molecule is C(#Cc1cc[c-]c(-c2ccccn2)c1)c1ccccc1.[Pt]. The zero-order valence-electron chi connectivity index (χ0n) is 11.2. The zero-order valence-corrected chi connectivity index (χ0v) is 13.5. The van der Waals surface area contributed by atoms with Gasteiger partial charge >= 0.3 is 0 Å². The molecule has 3 rings (SSSR count). The van der Waals surface area contributed by atoms with Gasteiger partial charge in [-0.05, 0) is 23.9 Å². The fraction of sp³-hybridized carbons (Fsp3) is 0. The van der Waals surface area contributed by atoms with Crippen molar-refractivity contribution in [3.05, 3.63) is 90.1 Å². The van der Waals surface area contributed by atoms with E-state index >= 15 is 0 Å². The van der Waals surface area contributed by atoms with Crippen molar-refractivity contribution in [2.75, 3.05) is 0 Å². The Kier molecular flexibility index (Phi) is 5.49. The molecule has 3 aromatic rings. The van der Waals surface area contributed by atoms with Crippen molar-refractivity contribution in [3.8, 4) is 23.1 Å². The van der Waals surface area contributed by atoms with Crippen LogP contribution < -0.4 is 0 Å². The molecule has 0 saturated heterocycles. The standard InChI is InChI=1S/C19H12N.Pt/c1-2-7-16(8-3-1)12-13-17-9-6-10-18(15-17)19-11-4-5-14-20-19;/h1-9,11,14-15H;/q-1;. The molecular weight excluding hydrogens is 437 g/mol. The van der Waals surface area contributed by atoms with Gasteiger partial charge in [0.2, 0.25) is 0 Å². The second-order valence-electron chi connectivity index (χ2n) is 4.32. The van der Waals surface area contributed by atoms with Crippen LogP contribution in [0.1, 0.15) is 11.1 Å². The smallest absolute Gasteiger partial charge is 0.0248 e. The summed E-state index contributed by atoms with van der Waals surface area (Å²) in [5.41, 5.74) is 3.86. The average molecular weight is 449 g/mol. The van der Waals surface area contributed by atoms with E-state index in [1.807, 2.05) is 66.7 Å². The second-order valence-corrected chi connectivity index (χ2v) is 4.32. The summed E-state index contributed by atoms with van der Waals surface area (Å²) in [6.45, 7) is 0. The number of hydrogen-bond acceptors (Lipinski definition) is 1. The van der Waals surface area contributed by atoms with Crippen LogP contribution in [0.4, 0.5) is 0 Å². The molecule has 1 nitrogen and oxygen atoms in total. The van der Waals surface area contributed by atoms with E-state index in [1.165, 1.54) is 0 Å². The van der Waals surface area contributed by atoms with Gasteiger partial charge in [-0.15, -0.1) is 29.8 Å². The van der Waals surface area contributed by atoms with Crippen molar-refractivity contribution < 1.29 is 21.1 Å². The summed E-state index contributed by atoms with van der Waals surface area (Å²) in [4.78, 5) is 4.33. The molecule has 104 valence electrons. The summed E-state index contributed by atoms with van der Waals surface area (Å²) < 4.78 is 0. The van der Waals surface area contributed by atoms with Gasteiger partial charge in [0.25, 0.3) is 0 Å². The van der Waals surface area contributed by atoms with Crippen LogP contribution in [0.3, 0.4) is 0 Å². The van der Waals surface area contributed by atoms with Gasteiger partial charge < -0.3 is 4.98 Å². The molecule has 0 unspecified atom stereocenters. The van der Waals surface area contributed by atoms with Gasteiger partial charge in [0.1, 0.15) is 0 Å². The normalized spacial score (nSPS) is 9.14. The van der Waals surface area contributed by atoms with Crippen molar-refractivity contribution in [2.45, 2.75) is 0 Å². The summed E-state index contributed by atoms with van der Waals surface area (Å²) in [7, 11) is 0. The first kappa shape index (κ1) is 15.2. The third-order valence-electron chi connectivity index (χ3n) is 2.87. The molecule has 0 aliphatic carbocycles. The molecule has 0 saturated carbocycles. The summed E-state index contributed by atoms with van der Waals surface area (Å²) >= 11 is 0. The predicted octanol–water partition coefficient (Wildman–Crippen LogP) is 3.95. The van der Waals surface area contributed by atoms with Crippen molar-refractivity contribution in [1.29, 1.82) is 0 Å². The molecule has 2 heteroatoms. The molecule has 0 fully saturated rings. The molecule has 0 radical (unpaired) electrons. The van der Waals surface area contributed by atoms with Crippen LogP contribution in [0.25, 0.3) is 11.3 Å². The molecular formula is C19H12NPt-. The van der Waals surface area contributed by atoms with Gasteiger partial charge in [-0.1, -0.05) is 47.7 Å². The van der Waals surface area contributed by atoms with Crippen LogP contribution in [-0.2, 0) is 21.1 Å². The Hall–Kier alpha value is -2.16. The van der Waals surface area contributed by atoms with Gasteiger partial charge in [-0.2, -0.15) is 0 Å². The number of nitrogens with zero attached hydrogens (tertiary/aromatic N) is 1. The molecule has 21 heavy (non-hydrogen) atoms. The number of hydrogen-bond donors (Lipinski definition) is 0. The molecule has 0 spiro atoms. The summed E-state index contributed by atoms with van der Waals surface area (Å²) in [5.74, 6) is 6.33. The largest absolute Gasteiger partial charge is 0.305 e. The van der Waals surface area contributed by atoms with Crippen molar-refractivity contribution in [1.82, 2.24) is 4.98 Å². The van der Waals surface area contributed by atoms with Crippen molar-refractivity contribution >= 4 is 0 Å². The number of rotatable bonds is 1. The Bertz CT molecular complexity index is 756. The summed E-state index contributed by atoms with van der Waals surface area (Å²) in [6, 6.07) is 24.9. The fourth-order valence-corrected chi connectivity index (χ4v) is 1.88. The van der Waals surface area contributed by atoms with E-state index in [9.17, 15) is 0 Å². The fourth-order valence-electron chi connectivity index (χ4n) is 1.88. The second kappa shape index (κ2) is 7.58. The molecule has 0 aliphatic rings. The van der Waals surface area contributed by atoms with E-state index < -0.39 is 0 Å². The van der Waals surface area contributed by atoms with Gasteiger partial charge in [-0.25, -0.2) is 0 Å². The Labute approximate surface area is 139 Å². The average Bonchev–Trinajstić information content (AvgIpc) is 2.55. The Morgan fingerprint density at radius 1 is 0.810 bits per heavy atom. The van der Waals surface area contributed by atoms with E-state index in [4.69, 9.17) is 0 Å². The minimum atomic E-state index is 0. The summed E-state index contributed by atoms with van der Waals surface area (Å²) in [5, 5.41) is 0. The maximum atomic E-state index is 4.33. The van der Waals surface area contributed by atoms with E-state index in [1.54, 1.807) is 6.20 Å². The minimum absolute atomic E-state index is 0. The van der Waals surface area contributed by atoms with Gasteiger partial charge in [0, 0.05) is 32.8 Å². The molecule has 0 atom stereocenters. The maximum absolute atomic E-state index is 4.33. The van der Waals surface area contributed by atoms with Crippen LogP contribution in [-0.4, -0.2) is 4.98 Å². The molecule has 1 heterocycles. The van der Waals surface area contributed by atoms with Crippen LogP contribution in [0, 0.1) is 17.9 Å². The Morgan fingerprint density at radius 3 is 2.33 bits per heavy atom. The topological polar surface area (TPSA) is 12.9 Å². The third kappa shape index (κ3) is 4.15. The molecule has 0 amide bonds. The molecule has 0 N–H and O–H groups in total. The first-order valence-corrected chi connectivity index (χ1v) is 6.42. The Morgan fingerprint density at radius 2 is 1.57 bits per heavy atom. The van der Waals surface area contributed by atoms with Gasteiger partial charge in [-0.3, -0.25) is 0 Å². The van der Waals surface area contributed by atoms with E-state index in [2.05, 4.69) is 22.9 Å². The van der Waals surface area contributed by atoms with Crippen LogP contribution in [0.15, 0.2) is 72.9 Å². The van der Waals surface area contributed by atoms with Crippen LogP contribution >= 0.6 is 0 Å². The predicted molar refractivity (Wildman–Crippen MR) is 80.9 cm³/mol. The minimum Gasteiger partial charge on any atom is -0.305 e. The molecule has 2 aromatic carbocycles. The molecule has 0 aliphatic heterocycles. The van der Waals surface area contributed by atoms with Crippen molar-refractivity contribution in [3.63, 3.8) is 0 Å². The monoisotopic (exact) mass is 449 g/mol. The zero-order chi connectivity index (χ0) is 13.6. The van der Waals surface area contributed by atoms with Gasteiger partial charge in [0.05, 0.1) is 0 Å². The third-order valence-corrected chi connectivity index (χ3v) is 2.87. The van der Waals surface area contributed by atoms with Crippen LogP contribution in [0.2, 0.25) is 0 Å². The van der Waals surface area contributed by atoms with E-state index in [0.29, 0.717) is 0 Å². The molecule has 1 aromatic heterocycles. The van der Waals surface area contributed by atoms with E-state index in [-0.39, 0.29) is 21.1 Å². The number of pyridine rings is 1. The maximum Gasteiger partial charge on any atom is 0.0248 e. The number of benzene rings is 2. The van der Waals surface area contributed by atoms with Crippen molar-refractivity contribution in [2.24, 2.45) is 0 Å². The first-order valence-electron chi connectivity index (χ1n) is 6.42. The van der Waals surface area contributed by atoms with Gasteiger partial charge in [0.15, 0.2) is 0 Å². The quantitative estimate of drug-likeness (QED) is 0.405. The van der Waals surface area contributed by atoms with E-state index in [0.717, 1.165) is 22.4 Å². The summed E-state index contributed by atoms with van der Waals surface area (Å²) in [6.07, 6.45) is 1.78. The van der Waals surface area contributed by atoms with Crippen LogP contribution in [0.5, 0.6) is 0 Å². The number of aromatic nitrogens is 1.